The molecule has 0 aliphatic carbocycles. The van der Waals surface area contributed by atoms with E-state index in [1.165, 1.54) is 0 Å². The first kappa shape index (κ1) is 24.5. The molecule has 0 aromatic rings. The van der Waals surface area contributed by atoms with Gasteiger partial charge in [0.2, 0.25) is 0 Å². The van der Waals surface area contributed by atoms with Crippen LogP contribution >= 0.6 is 0 Å². The molecule has 0 heterocycles. The number of ether oxygens (including phenoxy) is 2. The summed E-state index contributed by atoms with van der Waals surface area (Å²) in [7, 11) is -2.74. The lowest BCUT2D eigenvalue weighted by molar-refractivity contribution is -0.139. The van der Waals surface area contributed by atoms with Crippen LogP contribution in [0.3, 0.4) is 0 Å². The van der Waals surface area contributed by atoms with Gasteiger partial charge in [0.15, 0.2) is 0 Å². The zero-order valence-electron chi connectivity index (χ0n) is 16.0. The van der Waals surface area contributed by atoms with Gasteiger partial charge in [-0.15, -0.1) is 0 Å². The second-order valence-electron chi connectivity index (χ2n) is 4.90. The molecule has 0 unspecified atom stereocenters. The summed E-state index contributed by atoms with van der Waals surface area (Å²) in [6.07, 6.45) is 1.09. The van der Waals surface area contributed by atoms with Crippen LogP contribution in [0.1, 0.15) is 20.8 Å². The molecule has 0 saturated heterocycles. The van der Waals surface area contributed by atoms with Gasteiger partial charge in [0.1, 0.15) is 6.61 Å². The first-order valence-corrected chi connectivity index (χ1v) is 10.8. The average molecular weight is 393 g/mol. The van der Waals surface area contributed by atoms with E-state index < -0.39 is 14.8 Å². The van der Waals surface area contributed by atoms with Crippen LogP contribution in [0.25, 0.3) is 0 Å². The Hall–Kier alpha value is -1.46. The summed E-state index contributed by atoms with van der Waals surface area (Å²) in [6, 6.07) is 0.195. The van der Waals surface area contributed by atoms with Crippen molar-refractivity contribution in [1.82, 2.24) is 10.6 Å². The van der Waals surface area contributed by atoms with Gasteiger partial charge in [0, 0.05) is 45.0 Å². The summed E-state index contributed by atoms with van der Waals surface area (Å²) < 4.78 is 27.1. The molecule has 0 bridgehead atoms. The molecule has 10 heteroatoms. The lowest BCUT2D eigenvalue weighted by atomic mass is 10.6. The van der Waals surface area contributed by atoms with Crippen molar-refractivity contribution in [2.24, 2.45) is 0 Å². The highest BCUT2D eigenvalue weighted by Crippen LogP contribution is 2.15. The monoisotopic (exact) mass is 392 g/mol. The van der Waals surface area contributed by atoms with Gasteiger partial charge in [-0.2, -0.15) is 0 Å². The molecular weight excluding hydrogens is 360 g/mol. The Morgan fingerprint density at radius 2 is 1.50 bits per heavy atom. The molecule has 0 aliphatic heterocycles. The summed E-state index contributed by atoms with van der Waals surface area (Å²) in [5.74, 6) is -0.489. The molecule has 0 aliphatic rings. The normalized spacial score (nSPS) is 11.0. The number of urea groups is 1. The number of carbonyl (C=O) groups is 2. The lowest BCUT2D eigenvalue weighted by Crippen LogP contribution is -2.49. The van der Waals surface area contributed by atoms with Crippen LogP contribution in [0.2, 0.25) is 6.04 Å². The van der Waals surface area contributed by atoms with E-state index in [1.807, 2.05) is 20.8 Å². The molecule has 0 rings (SSSR count). The predicted octanol–water partition coefficient (Wildman–Crippen LogP) is 1.08. The largest absolute Gasteiger partial charge is 0.502 e. The molecule has 0 aromatic heterocycles. The second kappa shape index (κ2) is 15.8. The van der Waals surface area contributed by atoms with E-state index in [1.54, 1.807) is 0 Å². The minimum Gasteiger partial charge on any atom is -0.460 e. The number of amides is 2. The number of nitrogens with one attached hydrogen (secondary N) is 2. The smallest absolute Gasteiger partial charge is 0.460 e. The number of esters is 1. The van der Waals surface area contributed by atoms with Crippen LogP contribution in [-0.2, 0) is 27.5 Å². The zero-order chi connectivity index (χ0) is 19.7. The van der Waals surface area contributed by atoms with E-state index >= 15 is 0 Å². The SMILES string of the molecule is C=CC(=O)OCCOCCNC(=O)NCC[Si](OCC)(OCC)OCC. The molecule has 9 nitrogen and oxygen atoms in total. The van der Waals surface area contributed by atoms with Crippen molar-refractivity contribution >= 4 is 20.8 Å². The van der Waals surface area contributed by atoms with E-state index in [9.17, 15) is 9.59 Å². The Labute approximate surface area is 156 Å². The molecule has 0 spiro atoms. The first-order valence-electron chi connectivity index (χ1n) is 8.84. The van der Waals surface area contributed by atoms with Crippen LogP contribution in [-0.4, -0.2) is 73.5 Å². The topological polar surface area (TPSA) is 104 Å². The van der Waals surface area contributed by atoms with Crippen LogP contribution < -0.4 is 10.6 Å². The number of hydrogen-bond donors (Lipinski definition) is 2. The maximum absolute atomic E-state index is 11.8. The minimum absolute atomic E-state index is 0.149. The maximum Gasteiger partial charge on any atom is 0.502 e. The molecule has 2 N–H and O–H groups in total. The molecule has 0 fully saturated rings. The summed E-state index contributed by atoms with van der Waals surface area (Å²) in [6.45, 7) is 11.9. The average Bonchev–Trinajstić information content (AvgIpc) is 2.61. The van der Waals surface area contributed by atoms with Crippen molar-refractivity contribution in [2.45, 2.75) is 26.8 Å². The first-order chi connectivity index (χ1) is 12.5. The van der Waals surface area contributed by atoms with Gasteiger partial charge in [-0.3, -0.25) is 0 Å². The molecule has 2 amide bonds. The van der Waals surface area contributed by atoms with Gasteiger partial charge in [-0.05, 0) is 20.8 Å². The second-order valence-corrected chi connectivity index (χ2v) is 7.63. The lowest BCUT2D eigenvalue weighted by Gasteiger charge is -2.28. The third-order valence-electron chi connectivity index (χ3n) is 2.98. The van der Waals surface area contributed by atoms with Gasteiger partial charge in [-0.1, -0.05) is 6.58 Å². The minimum atomic E-state index is -2.74. The van der Waals surface area contributed by atoms with Gasteiger partial charge in [0.05, 0.1) is 13.2 Å². The molecule has 0 aromatic carbocycles. The van der Waals surface area contributed by atoms with Gasteiger partial charge >= 0.3 is 20.8 Å². The van der Waals surface area contributed by atoms with Crippen LogP contribution in [0, 0.1) is 0 Å². The molecule has 0 saturated carbocycles. The van der Waals surface area contributed by atoms with Crippen molar-refractivity contribution < 1.29 is 32.3 Å². The summed E-state index contributed by atoms with van der Waals surface area (Å²) >= 11 is 0. The predicted molar refractivity (Wildman–Crippen MR) is 98.8 cm³/mol. The summed E-state index contributed by atoms with van der Waals surface area (Å²) in [5.41, 5.74) is 0. The van der Waals surface area contributed by atoms with Crippen LogP contribution in [0.15, 0.2) is 12.7 Å². The fourth-order valence-electron chi connectivity index (χ4n) is 1.99. The summed E-state index contributed by atoms with van der Waals surface area (Å²) in [4.78, 5) is 22.6. The fourth-order valence-corrected chi connectivity index (χ4v) is 4.43. The molecule has 152 valence electrons. The van der Waals surface area contributed by atoms with Crippen molar-refractivity contribution in [1.29, 1.82) is 0 Å². The Balaban J connectivity index is 3.88. The van der Waals surface area contributed by atoms with E-state index in [-0.39, 0.29) is 19.2 Å². The van der Waals surface area contributed by atoms with Crippen molar-refractivity contribution in [3.05, 3.63) is 12.7 Å². The van der Waals surface area contributed by atoms with Crippen molar-refractivity contribution in [3.8, 4) is 0 Å². The van der Waals surface area contributed by atoms with E-state index in [0.29, 0.717) is 45.6 Å². The summed E-state index contributed by atoms with van der Waals surface area (Å²) in [5, 5.41) is 5.42. The Bertz CT molecular complexity index is 393. The van der Waals surface area contributed by atoms with Gasteiger partial charge < -0.3 is 33.4 Å². The maximum atomic E-state index is 11.8. The molecular formula is C16H32N2O7Si. The Morgan fingerprint density at radius 1 is 0.923 bits per heavy atom. The van der Waals surface area contributed by atoms with E-state index in [4.69, 9.17) is 22.8 Å². The van der Waals surface area contributed by atoms with Crippen molar-refractivity contribution in [3.63, 3.8) is 0 Å². The number of carbonyl (C=O) groups excluding carboxylic acids is 2. The Kier molecular flexibility index (Phi) is 14.9. The quantitative estimate of drug-likeness (QED) is 0.175. The third kappa shape index (κ3) is 12.0. The Morgan fingerprint density at radius 3 is 2.04 bits per heavy atom. The number of hydrogen-bond acceptors (Lipinski definition) is 7. The molecule has 0 atom stereocenters. The van der Waals surface area contributed by atoms with E-state index in [0.717, 1.165) is 6.08 Å². The zero-order valence-corrected chi connectivity index (χ0v) is 17.0. The fraction of sp³-hybridized carbons (Fsp3) is 0.750. The number of rotatable bonds is 16. The third-order valence-corrected chi connectivity index (χ3v) is 6.03. The van der Waals surface area contributed by atoms with Gasteiger partial charge in [-0.25, -0.2) is 9.59 Å². The van der Waals surface area contributed by atoms with Crippen LogP contribution in [0.5, 0.6) is 0 Å². The van der Waals surface area contributed by atoms with Crippen molar-refractivity contribution in [2.75, 3.05) is 52.7 Å². The highest BCUT2D eigenvalue weighted by molar-refractivity contribution is 6.60. The highest BCUT2D eigenvalue weighted by atomic mass is 28.4. The molecule has 26 heavy (non-hydrogen) atoms. The standard InChI is InChI=1S/C16H32N2O7Si/c1-5-15(19)22-13-12-21-11-9-17-16(20)18-10-14-26(23-6-2,24-7-3)25-8-4/h5H,1,6-14H2,2-4H3,(H2,17,18,20). The van der Waals surface area contributed by atoms with Crippen LogP contribution in [0.4, 0.5) is 4.79 Å². The highest BCUT2D eigenvalue weighted by Gasteiger charge is 2.39. The molecule has 0 radical (unpaired) electrons. The van der Waals surface area contributed by atoms with Gasteiger partial charge in [0.25, 0.3) is 0 Å². The van der Waals surface area contributed by atoms with E-state index in [2.05, 4.69) is 17.2 Å².